The lowest BCUT2D eigenvalue weighted by atomic mass is 10.1. The van der Waals surface area contributed by atoms with Gasteiger partial charge in [0, 0.05) is 12.8 Å². The van der Waals surface area contributed by atoms with Crippen molar-refractivity contribution in [1.29, 1.82) is 0 Å². The summed E-state index contributed by atoms with van der Waals surface area (Å²) in [6.07, 6.45) is 3.13. The third kappa shape index (κ3) is 2.84. The van der Waals surface area contributed by atoms with Crippen molar-refractivity contribution in [1.82, 2.24) is 15.3 Å². The number of aryl methyl sites for hydroxylation is 2. The molecule has 1 atom stereocenters. The summed E-state index contributed by atoms with van der Waals surface area (Å²) in [6.45, 7) is 0. The van der Waals surface area contributed by atoms with E-state index in [0.717, 1.165) is 29.7 Å². The maximum Gasteiger partial charge on any atom is 0.220 e. The molecule has 0 spiro atoms. The van der Waals surface area contributed by atoms with Crippen LogP contribution in [0.5, 0.6) is 0 Å². The van der Waals surface area contributed by atoms with E-state index in [1.54, 1.807) is 0 Å². The summed E-state index contributed by atoms with van der Waals surface area (Å²) < 4.78 is 0. The van der Waals surface area contributed by atoms with Gasteiger partial charge in [-0.25, -0.2) is 4.98 Å². The minimum absolute atomic E-state index is 0.0900. The predicted octanol–water partition coefficient (Wildman–Crippen LogP) is 3.30. The van der Waals surface area contributed by atoms with Crippen LogP contribution in [0.25, 0.3) is 11.0 Å². The van der Waals surface area contributed by atoms with Gasteiger partial charge in [0.15, 0.2) is 0 Å². The second-order valence-corrected chi connectivity index (χ2v) is 6.06. The summed E-state index contributed by atoms with van der Waals surface area (Å²) >= 11 is 0. The van der Waals surface area contributed by atoms with E-state index in [1.807, 2.05) is 30.3 Å². The topological polar surface area (TPSA) is 57.8 Å². The van der Waals surface area contributed by atoms with Crippen molar-refractivity contribution in [3.05, 3.63) is 65.5 Å². The Kier molecular flexibility index (Phi) is 3.58. The number of carbonyl (C=O) groups excluding carboxylic acids is 1. The zero-order valence-electron chi connectivity index (χ0n) is 12.9. The van der Waals surface area contributed by atoms with Gasteiger partial charge >= 0.3 is 0 Å². The smallest absolute Gasteiger partial charge is 0.220 e. The van der Waals surface area contributed by atoms with Gasteiger partial charge in [-0.3, -0.25) is 4.79 Å². The van der Waals surface area contributed by atoms with Crippen LogP contribution in [0.3, 0.4) is 0 Å². The molecule has 2 N–H and O–H groups in total. The summed E-state index contributed by atoms with van der Waals surface area (Å²) in [5.74, 6) is 0.959. The lowest BCUT2D eigenvalue weighted by Gasteiger charge is -2.13. The Bertz CT molecular complexity index is 819. The molecule has 3 aromatic rings. The molecule has 0 saturated carbocycles. The van der Waals surface area contributed by atoms with Crippen LogP contribution in [0.4, 0.5) is 0 Å². The second-order valence-electron chi connectivity index (χ2n) is 6.06. The highest BCUT2D eigenvalue weighted by atomic mass is 16.1. The van der Waals surface area contributed by atoms with Gasteiger partial charge in [-0.05, 0) is 36.1 Å². The number of nitrogens with one attached hydrogen (secondary N) is 2. The number of rotatable bonds is 4. The average Bonchev–Trinajstić information content (AvgIpc) is 3.17. The lowest BCUT2D eigenvalue weighted by molar-refractivity contribution is -0.121. The molecule has 2 aromatic carbocycles. The Morgan fingerprint density at radius 1 is 1.17 bits per heavy atom. The fourth-order valence-electron chi connectivity index (χ4n) is 3.33. The highest BCUT2D eigenvalue weighted by molar-refractivity contribution is 5.77. The highest BCUT2D eigenvalue weighted by Gasteiger charge is 2.23. The van der Waals surface area contributed by atoms with Gasteiger partial charge in [-0.15, -0.1) is 0 Å². The zero-order valence-corrected chi connectivity index (χ0v) is 12.9. The molecular formula is C19H19N3O. The molecule has 4 heteroatoms. The number of para-hydroxylation sites is 2. The van der Waals surface area contributed by atoms with Crippen LogP contribution in [0.2, 0.25) is 0 Å². The van der Waals surface area contributed by atoms with Crippen LogP contribution < -0.4 is 5.32 Å². The predicted molar refractivity (Wildman–Crippen MR) is 90.1 cm³/mol. The Balaban J connectivity index is 1.37. The number of benzene rings is 2. The molecule has 0 aliphatic heterocycles. The number of imidazole rings is 1. The number of amides is 1. The van der Waals surface area contributed by atoms with Crippen LogP contribution in [0.1, 0.15) is 35.8 Å². The number of hydrogen-bond donors (Lipinski definition) is 2. The normalized spacial score (nSPS) is 16.4. The summed E-state index contributed by atoms with van der Waals surface area (Å²) in [4.78, 5) is 20.0. The van der Waals surface area contributed by atoms with Crippen molar-refractivity contribution < 1.29 is 4.79 Å². The van der Waals surface area contributed by atoms with Gasteiger partial charge in [0.05, 0.1) is 17.1 Å². The first-order chi connectivity index (χ1) is 11.3. The molecule has 4 rings (SSSR count). The number of aromatic amines is 1. The Hall–Kier alpha value is -2.62. The molecule has 4 nitrogen and oxygen atoms in total. The maximum absolute atomic E-state index is 12.2. The number of nitrogens with zero attached hydrogens (tertiary/aromatic N) is 1. The van der Waals surface area contributed by atoms with Crippen LogP contribution >= 0.6 is 0 Å². The SMILES string of the molecule is O=C(CCc1nc2ccccc2[nH]1)NC1CCc2ccccc21. The lowest BCUT2D eigenvalue weighted by Crippen LogP contribution is -2.27. The molecular weight excluding hydrogens is 286 g/mol. The van der Waals surface area contributed by atoms with Gasteiger partial charge < -0.3 is 10.3 Å². The Labute approximate surface area is 134 Å². The van der Waals surface area contributed by atoms with E-state index in [0.29, 0.717) is 12.8 Å². The first kappa shape index (κ1) is 14.0. The van der Waals surface area contributed by atoms with Gasteiger partial charge in [-0.2, -0.15) is 0 Å². The number of aromatic nitrogens is 2. The number of carbonyl (C=O) groups is 1. The van der Waals surface area contributed by atoms with Crippen molar-refractivity contribution in [2.24, 2.45) is 0 Å². The summed E-state index contributed by atoms with van der Waals surface area (Å²) in [5.41, 5.74) is 4.60. The first-order valence-electron chi connectivity index (χ1n) is 8.10. The van der Waals surface area contributed by atoms with E-state index in [2.05, 4.69) is 33.5 Å². The van der Waals surface area contributed by atoms with Crippen LogP contribution in [-0.4, -0.2) is 15.9 Å². The van der Waals surface area contributed by atoms with Crippen LogP contribution in [-0.2, 0) is 17.6 Å². The number of hydrogen-bond acceptors (Lipinski definition) is 2. The van der Waals surface area contributed by atoms with Gasteiger partial charge in [0.2, 0.25) is 5.91 Å². The summed E-state index contributed by atoms with van der Waals surface area (Å²) in [7, 11) is 0. The van der Waals surface area contributed by atoms with E-state index in [4.69, 9.17) is 0 Å². The van der Waals surface area contributed by atoms with Crippen molar-refractivity contribution >= 4 is 16.9 Å². The second kappa shape index (κ2) is 5.88. The molecule has 116 valence electrons. The minimum Gasteiger partial charge on any atom is -0.349 e. The van der Waals surface area contributed by atoms with Crippen molar-refractivity contribution in [3.63, 3.8) is 0 Å². The molecule has 0 saturated heterocycles. The molecule has 1 amide bonds. The van der Waals surface area contributed by atoms with Gasteiger partial charge in [0.25, 0.3) is 0 Å². The molecule has 1 aliphatic carbocycles. The summed E-state index contributed by atoms with van der Waals surface area (Å²) in [5, 5.41) is 3.16. The van der Waals surface area contributed by atoms with Crippen molar-refractivity contribution in [2.45, 2.75) is 31.7 Å². The maximum atomic E-state index is 12.2. The Morgan fingerprint density at radius 3 is 2.91 bits per heavy atom. The van der Waals surface area contributed by atoms with Crippen LogP contribution in [0, 0.1) is 0 Å². The number of fused-ring (bicyclic) bond motifs is 2. The molecule has 1 unspecified atom stereocenters. The quantitative estimate of drug-likeness (QED) is 0.777. The molecule has 0 radical (unpaired) electrons. The Morgan fingerprint density at radius 2 is 2.00 bits per heavy atom. The van der Waals surface area contributed by atoms with E-state index >= 15 is 0 Å². The fourth-order valence-corrected chi connectivity index (χ4v) is 3.33. The number of H-pyrrole nitrogens is 1. The standard InChI is InChI=1S/C19H19N3O/c23-19(22-15-10-9-13-5-1-2-6-14(13)15)12-11-18-20-16-7-3-4-8-17(16)21-18/h1-8,15H,9-12H2,(H,20,21)(H,22,23). The largest absolute Gasteiger partial charge is 0.349 e. The van der Waals surface area contributed by atoms with E-state index in [9.17, 15) is 4.79 Å². The minimum atomic E-state index is 0.0900. The van der Waals surface area contributed by atoms with E-state index in [-0.39, 0.29) is 11.9 Å². The first-order valence-corrected chi connectivity index (χ1v) is 8.10. The van der Waals surface area contributed by atoms with E-state index < -0.39 is 0 Å². The molecule has 1 aromatic heterocycles. The van der Waals surface area contributed by atoms with Crippen LogP contribution in [0.15, 0.2) is 48.5 Å². The summed E-state index contributed by atoms with van der Waals surface area (Å²) in [6, 6.07) is 16.5. The van der Waals surface area contributed by atoms with Gasteiger partial charge in [0.1, 0.15) is 5.82 Å². The zero-order chi connectivity index (χ0) is 15.6. The van der Waals surface area contributed by atoms with E-state index in [1.165, 1.54) is 11.1 Å². The monoisotopic (exact) mass is 305 g/mol. The van der Waals surface area contributed by atoms with Crippen molar-refractivity contribution in [3.8, 4) is 0 Å². The van der Waals surface area contributed by atoms with Crippen molar-refractivity contribution in [2.75, 3.05) is 0 Å². The highest BCUT2D eigenvalue weighted by Crippen LogP contribution is 2.30. The molecule has 0 bridgehead atoms. The fraction of sp³-hybridized carbons (Fsp3) is 0.263. The third-order valence-electron chi connectivity index (χ3n) is 4.50. The third-order valence-corrected chi connectivity index (χ3v) is 4.50. The molecule has 1 heterocycles. The molecule has 23 heavy (non-hydrogen) atoms. The molecule has 1 aliphatic rings. The van der Waals surface area contributed by atoms with Gasteiger partial charge in [-0.1, -0.05) is 36.4 Å². The average molecular weight is 305 g/mol. The molecule has 0 fully saturated rings.